The number of rotatable bonds is 4. The van der Waals surface area contributed by atoms with E-state index < -0.39 is 0 Å². The van der Waals surface area contributed by atoms with Crippen LogP contribution in [0.15, 0.2) is 22.7 Å². The minimum Gasteiger partial charge on any atom is -0.356 e. The minimum atomic E-state index is -0.380. The normalized spacial score (nSPS) is 15.7. The molecular formula is C16H20BrFN2O2. The Hall–Kier alpha value is -1.43. The highest BCUT2D eigenvalue weighted by molar-refractivity contribution is 9.10. The summed E-state index contributed by atoms with van der Waals surface area (Å²) in [6.45, 7) is 3.81. The molecule has 120 valence electrons. The first kappa shape index (κ1) is 16.9. The molecular weight excluding hydrogens is 351 g/mol. The number of amides is 2. The van der Waals surface area contributed by atoms with Crippen LogP contribution in [0, 0.1) is 11.7 Å². The van der Waals surface area contributed by atoms with Gasteiger partial charge in [0.05, 0.1) is 5.56 Å². The summed E-state index contributed by atoms with van der Waals surface area (Å²) in [5.74, 6) is -0.446. The Morgan fingerprint density at radius 3 is 2.64 bits per heavy atom. The molecule has 1 aromatic carbocycles. The lowest BCUT2D eigenvalue weighted by atomic mass is 9.95. The van der Waals surface area contributed by atoms with E-state index in [2.05, 4.69) is 21.2 Å². The van der Waals surface area contributed by atoms with Gasteiger partial charge in [0, 0.05) is 30.0 Å². The Morgan fingerprint density at radius 2 is 2.05 bits per heavy atom. The minimum absolute atomic E-state index is 0.0211. The van der Waals surface area contributed by atoms with Gasteiger partial charge in [0.1, 0.15) is 5.82 Å². The third-order valence-corrected chi connectivity index (χ3v) is 4.52. The molecule has 6 heteroatoms. The van der Waals surface area contributed by atoms with Crippen LogP contribution < -0.4 is 5.32 Å². The van der Waals surface area contributed by atoms with Gasteiger partial charge >= 0.3 is 0 Å². The van der Waals surface area contributed by atoms with Crippen molar-refractivity contribution in [1.82, 2.24) is 10.2 Å². The molecule has 0 unspecified atom stereocenters. The highest BCUT2D eigenvalue weighted by atomic mass is 79.9. The first-order valence-electron chi connectivity index (χ1n) is 7.55. The van der Waals surface area contributed by atoms with Gasteiger partial charge in [0.25, 0.3) is 5.91 Å². The second-order valence-corrected chi connectivity index (χ2v) is 6.34. The summed E-state index contributed by atoms with van der Waals surface area (Å²) in [7, 11) is 0. The fraction of sp³-hybridized carbons (Fsp3) is 0.500. The topological polar surface area (TPSA) is 49.4 Å². The van der Waals surface area contributed by atoms with Crippen LogP contribution in [0.4, 0.5) is 4.39 Å². The average Bonchev–Trinajstić information content (AvgIpc) is 2.52. The van der Waals surface area contributed by atoms with Crippen LogP contribution in [0.5, 0.6) is 0 Å². The van der Waals surface area contributed by atoms with Gasteiger partial charge in [-0.1, -0.05) is 6.92 Å². The molecule has 1 fully saturated rings. The van der Waals surface area contributed by atoms with E-state index in [1.807, 2.05) is 6.92 Å². The molecule has 1 heterocycles. The first-order valence-corrected chi connectivity index (χ1v) is 8.34. The van der Waals surface area contributed by atoms with Gasteiger partial charge in [-0.25, -0.2) is 4.39 Å². The molecule has 2 amide bonds. The number of likely N-dealkylation sites (tertiary alicyclic amines) is 1. The smallest absolute Gasteiger partial charge is 0.255 e. The number of carbonyl (C=O) groups excluding carboxylic acids is 2. The van der Waals surface area contributed by atoms with Crippen LogP contribution in [0.1, 0.15) is 36.5 Å². The molecule has 0 bridgehead atoms. The van der Waals surface area contributed by atoms with Crippen molar-refractivity contribution in [2.24, 2.45) is 5.92 Å². The second kappa shape index (κ2) is 7.72. The Kier molecular flexibility index (Phi) is 5.94. The third kappa shape index (κ3) is 4.06. The molecule has 1 aromatic rings. The number of hydrogen-bond donors (Lipinski definition) is 1. The number of carbonyl (C=O) groups is 2. The lowest BCUT2D eigenvalue weighted by Gasteiger charge is -2.31. The number of halogens is 2. The van der Waals surface area contributed by atoms with Gasteiger partial charge < -0.3 is 10.2 Å². The molecule has 0 aliphatic carbocycles. The van der Waals surface area contributed by atoms with Crippen LogP contribution in [0.2, 0.25) is 0 Å². The predicted molar refractivity (Wildman–Crippen MR) is 86.0 cm³/mol. The second-order valence-electron chi connectivity index (χ2n) is 5.48. The summed E-state index contributed by atoms with van der Waals surface area (Å²) in [5, 5.41) is 2.90. The van der Waals surface area contributed by atoms with Crippen LogP contribution in [0.3, 0.4) is 0 Å². The van der Waals surface area contributed by atoms with Crippen molar-refractivity contribution in [3.05, 3.63) is 34.1 Å². The van der Waals surface area contributed by atoms with E-state index >= 15 is 0 Å². The van der Waals surface area contributed by atoms with Crippen molar-refractivity contribution in [2.45, 2.75) is 26.2 Å². The number of benzene rings is 1. The number of hydrogen-bond acceptors (Lipinski definition) is 2. The highest BCUT2D eigenvalue weighted by Crippen LogP contribution is 2.23. The summed E-state index contributed by atoms with van der Waals surface area (Å²) in [6, 6.07) is 4.06. The highest BCUT2D eigenvalue weighted by Gasteiger charge is 2.28. The van der Waals surface area contributed by atoms with E-state index in [1.165, 1.54) is 18.2 Å². The van der Waals surface area contributed by atoms with Gasteiger partial charge in [-0.15, -0.1) is 0 Å². The van der Waals surface area contributed by atoms with E-state index in [9.17, 15) is 14.0 Å². The fourth-order valence-electron chi connectivity index (χ4n) is 2.57. The monoisotopic (exact) mass is 370 g/mol. The van der Waals surface area contributed by atoms with E-state index in [4.69, 9.17) is 0 Å². The van der Waals surface area contributed by atoms with Crippen molar-refractivity contribution >= 4 is 27.7 Å². The summed E-state index contributed by atoms with van der Waals surface area (Å²) in [5.41, 5.74) is 0.454. The quantitative estimate of drug-likeness (QED) is 0.885. The molecule has 0 spiro atoms. The molecule has 1 N–H and O–H groups in total. The Morgan fingerprint density at radius 1 is 1.36 bits per heavy atom. The molecule has 1 aliphatic rings. The van der Waals surface area contributed by atoms with Crippen LogP contribution >= 0.6 is 15.9 Å². The van der Waals surface area contributed by atoms with E-state index in [0.29, 0.717) is 42.5 Å². The molecule has 0 aromatic heterocycles. The zero-order valence-corrected chi connectivity index (χ0v) is 14.2. The molecule has 1 aliphatic heterocycles. The molecule has 0 saturated carbocycles. The SMILES string of the molecule is CCCNC(=O)C1CCN(C(=O)c2ccc(F)cc2Br)CC1. The first-order chi connectivity index (χ1) is 10.5. The standard InChI is InChI=1S/C16H20BrFN2O2/c1-2-7-19-15(21)11-5-8-20(9-6-11)16(22)13-4-3-12(18)10-14(13)17/h3-4,10-11H,2,5-9H2,1H3,(H,19,21). The van der Waals surface area contributed by atoms with Gasteiger partial charge in [-0.05, 0) is 53.4 Å². The molecule has 0 radical (unpaired) electrons. The van der Waals surface area contributed by atoms with E-state index in [-0.39, 0.29) is 23.5 Å². The summed E-state index contributed by atoms with van der Waals surface area (Å²) in [6.07, 6.45) is 2.25. The molecule has 0 atom stereocenters. The number of nitrogens with one attached hydrogen (secondary N) is 1. The van der Waals surface area contributed by atoms with Gasteiger partial charge in [0.15, 0.2) is 0 Å². The lowest BCUT2D eigenvalue weighted by Crippen LogP contribution is -2.43. The van der Waals surface area contributed by atoms with Crippen molar-refractivity contribution < 1.29 is 14.0 Å². The van der Waals surface area contributed by atoms with E-state index in [0.717, 1.165) is 6.42 Å². The molecule has 4 nitrogen and oxygen atoms in total. The van der Waals surface area contributed by atoms with Crippen LogP contribution in [-0.2, 0) is 4.79 Å². The Labute approximate surface area is 138 Å². The summed E-state index contributed by atoms with van der Waals surface area (Å²) >= 11 is 3.23. The predicted octanol–water partition coefficient (Wildman–Crippen LogP) is 2.97. The maximum absolute atomic E-state index is 13.1. The fourth-order valence-corrected chi connectivity index (χ4v) is 3.09. The van der Waals surface area contributed by atoms with Crippen molar-refractivity contribution in [3.8, 4) is 0 Å². The van der Waals surface area contributed by atoms with Crippen molar-refractivity contribution in [2.75, 3.05) is 19.6 Å². The maximum atomic E-state index is 13.1. The van der Waals surface area contributed by atoms with Crippen molar-refractivity contribution in [1.29, 1.82) is 0 Å². The Balaban J connectivity index is 1.93. The molecule has 2 rings (SSSR count). The third-order valence-electron chi connectivity index (χ3n) is 3.86. The maximum Gasteiger partial charge on any atom is 0.255 e. The zero-order chi connectivity index (χ0) is 16.1. The van der Waals surface area contributed by atoms with Crippen LogP contribution in [0.25, 0.3) is 0 Å². The van der Waals surface area contributed by atoms with Gasteiger partial charge in [-0.3, -0.25) is 9.59 Å². The summed E-state index contributed by atoms with van der Waals surface area (Å²) in [4.78, 5) is 26.1. The molecule has 1 saturated heterocycles. The lowest BCUT2D eigenvalue weighted by molar-refractivity contribution is -0.126. The molecule has 22 heavy (non-hydrogen) atoms. The largest absolute Gasteiger partial charge is 0.356 e. The number of piperidine rings is 1. The average molecular weight is 371 g/mol. The van der Waals surface area contributed by atoms with Crippen LogP contribution in [-0.4, -0.2) is 36.3 Å². The summed E-state index contributed by atoms with van der Waals surface area (Å²) < 4.78 is 13.6. The van der Waals surface area contributed by atoms with Crippen molar-refractivity contribution in [3.63, 3.8) is 0 Å². The zero-order valence-electron chi connectivity index (χ0n) is 12.6. The Bertz CT molecular complexity index is 557. The number of nitrogens with zero attached hydrogens (tertiary/aromatic N) is 1. The van der Waals surface area contributed by atoms with Gasteiger partial charge in [-0.2, -0.15) is 0 Å². The van der Waals surface area contributed by atoms with E-state index in [1.54, 1.807) is 4.90 Å². The van der Waals surface area contributed by atoms with Gasteiger partial charge in [0.2, 0.25) is 5.91 Å².